The number of allylic oxidation sites excluding steroid dienone is 2. The number of carbonyl (C=O) groups excluding carboxylic acids is 1. The number of carboxylic acids is 1. The van der Waals surface area contributed by atoms with Gasteiger partial charge in [-0.3, -0.25) is 14.5 Å². The third-order valence-electron chi connectivity index (χ3n) is 6.03. The molecule has 4 rings (SSSR count). The van der Waals surface area contributed by atoms with E-state index in [1.165, 1.54) is 12.1 Å². The Bertz CT molecular complexity index is 725. The van der Waals surface area contributed by atoms with Gasteiger partial charge in [0, 0.05) is 32.7 Å². The monoisotopic (exact) mass is 358 g/mol. The Balaban J connectivity index is 1.36. The Kier molecular flexibility index (Phi) is 4.53. The Morgan fingerprint density at radius 2 is 1.62 bits per heavy atom. The second kappa shape index (κ2) is 6.83. The second-order valence-electron chi connectivity index (χ2n) is 7.57. The maximum atomic E-state index is 13.0. The summed E-state index contributed by atoms with van der Waals surface area (Å²) in [6.45, 7) is 3.46. The van der Waals surface area contributed by atoms with E-state index in [0.717, 1.165) is 31.6 Å². The molecule has 0 unspecified atom stereocenters. The average Bonchev–Trinajstić information content (AvgIpc) is 3.25. The Labute approximate surface area is 152 Å². The number of carboxylic acid groups (broad SMARTS) is 1. The molecule has 1 aromatic carbocycles. The standard InChI is InChI=1S/C20H23FN2O3/c21-16-5-1-13(2-6-16)12-22-7-9-23(10-8-22)19(24)17-14-3-4-15(11-14)18(17)20(25)26/h1-6,14-15,17-18H,7-12H2,(H,25,26)/t14-,15-,17+,18+/m0/s1. The molecule has 6 heteroatoms. The first-order valence-electron chi connectivity index (χ1n) is 9.19. The van der Waals surface area contributed by atoms with Crippen molar-refractivity contribution in [3.63, 3.8) is 0 Å². The Hall–Kier alpha value is -2.21. The molecule has 1 N–H and O–H groups in total. The fourth-order valence-corrected chi connectivity index (χ4v) is 4.68. The highest BCUT2D eigenvalue weighted by molar-refractivity contribution is 5.87. The van der Waals surface area contributed by atoms with Crippen molar-refractivity contribution in [1.29, 1.82) is 0 Å². The number of fused-ring (bicyclic) bond motifs is 2. The van der Waals surface area contributed by atoms with E-state index in [1.807, 2.05) is 17.1 Å². The van der Waals surface area contributed by atoms with Crippen molar-refractivity contribution < 1.29 is 19.1 Å². The Morgan fingerprint density at radius 3 is 2.23 bits per heavy atom. The summed E-state index contributed by atoms with van der Waals surface area (Å²) in [6.07, 6.45) is 4.78. The number of aliphatic carboxylic acids is 1. The van der Waals surface area contributed by atoms with Crippen molar-refractivity contribution in [3.8, 4) is 0 Å². The van der Waals surface area contributed by atoms with Crippen molar-refractivity contribution in [2.45, 2.75) is 13.0 Å². The molecular weight excluding hydrogens is 335 g/mol. The van der Waals surface area contributed by atoms with Crippen molar-refractivity contribution in [1.82, 2.24) is 9.80 Å². The zero-order chi connectivity index (χ0) is 18.3. The first-order chi connectivity index (χ1) is 12.5. The van der Waals surface area contributed by atoms with Gasteiger partial charge < -0.3 is 10.0 Å². The van der Waals surface area contributed by atoms with Gasteiger partial charge in [-0.05, 0) is 36.0 Å². The predicted octanol–water partition coefficient (Wildman–Crippen LogP) is 1.99. The number of hydrogen-bond donors (Lipinski definition) is 1. The molecule has 1 saturated carbocycles. The molecule has 1 amide bonds. The van der Waals surface area contributed by atoms with E-state index in [9.17, 15) is 19.1 Å². The van der Waals surface area contributed by atoms with Gasteiger partial charge in [0.2, 0.25) is 5.91 Å². The van der Waals surface area contributed by atoms with Crippen molar-refractivity contribution in [2.75, 3.05) is 26.2 Å². The number of benzene rings is 1. The molecule has 0 spiro atoms. The van der Waals surface area contributed by atoms with Crippen molar-refractivity contribution in [3.05, 3.63) is 47.8 Å². The molecule has 0 radical (unpaired) electrons. The lowest BCUT2D eigenvalue weighted by atomic mass is 9.82. The lowest BCUT2D eigenvalue weighted by molar-refractivity contribution is -0.151. The highest BCUT2D eigenvalue weighted by Crippen LogP contribution is 2.48. The smallest absolute Gasteiger partial charge is 0.307 e. The third kappa shape index (κ3) is 3.14. The van der Waals surface area contributed by atoms with Gasteiger partial charge in [-0.25, -0.2) is 4.39 Å². The van der Waals surface area contributed by atoms with Crippen LogP contribution in [0.3, 0.4) is 0 Å². The largest absolute Gasteiger partial charge is 0.481 e. The van der Waals surface area contributed by atoms with Gasteiger partial charge in [-0.1, -0.05) is 24.3 Å². The highest BCUT2D eigenvalue weighted by atomic mass is 19.1. The molecule has 2 bridgehead atoms. The normalized spacial score (nSPS) is 30.7. The van der Waals surface area contributed by atoms with Crippen LogP contribution in [-0.2, 0) is 16.1 Å². The SMILES string of the molecule is O=C(O)[C@H]1[C@H](C(=O)N2CCN(Cc3ccc(F)cc3)CC2)[C@H]2C=C[C@H]1C2. The number of nitrogens with zero attached hydrogens (tertiary/aromatic N) is 2. The van der Waals surface area contributed by atoms with Crippen LogP contribution >= 0.6 is 0 Å². The number of halogens is 1. The highest BCUT2D eigenvalue weighted by Gasteiger charge is 2.52. The summed E-state index contributed by atoms with van der Waals surface area (Å²) in [6, 6.07) is 6.49. The average molecular weight is 358 g/mol. The van der Waals surface area contributed by atoms with E-state index in [0.29, 0.717) is 13.1 Å². The minimum Gasteiger partial charge on any atom is -0.481 e. The molecule has 26 heavy (non-hydrogen) atoms. The summed E-state index contributed by atoms with van der Waals surface area (Å²) >= 11 is 0. The zero-order valence-electron chi connectivity index (χ0n) is 14.6. The molecule has 1 saturated heterocycles. The van der Waals surface area contributed by atoms with Crippen molar-refractivity contribution >= 4 is 11.9 Å². The third-order valence-corrected chi connectivity index (χ3v) is 6.03. The van der Waals surface area contributed by atoms with Crippen LogP contribution in [0.2, 0.25) is 0 Å². The zero-order valence-corrected chi connectivity index (χ0v) is 14.6. The topological polar surface area (TPSA) is 60.9 Å². The number of carbonyl (C=O) groups is 2. The van der Waals surface area contributed by atoms with Crippen LogP contribution in [0.4, 0.5) is 4.39 Å². The molecule has 138 valence electrons. The van der Waals surface area contributed by atoms with Crippen LogP contribution in [0.5, 0.6) is 0 Å². The molecule has 2 fully saturated rings. The molecule has 3 aliphatic rings. The molecule has 1 aromatic rings. The summed E-state index contributed by atoms with van der Waals surface area (Å²) in [5.74, 6) is -2.00. The lowest BCUT2D eigenvalue weighted by Gasteiger charge is -2.37. The van der Waals surface area contributed by atoms with Gasteiger partial charge in [-0.15, -0.1) is 0 Å². The summed E-state index contributed by atoms with van der Waals surface area (Å²) in [5, 5.41) is 9.54. The van der Waals surface area contributed by atoms with Crippen LogP contribution in [0.25, 0.3) is 0 Å². The molecule has 1 heterocycles. The van der Waals surface area contributed by atoms with Crippen LogP contribution in [0.15, 0.2) is 36.4 Å². The van der Waals surface area contributed by atoms with Gasteiger partial charge in [0.05, 0.1) is 11.8 Å². The van der Waals surface area contributed by atoms with E-state index >= 15 is 0 Å². The van der Waals surface area contributed by atoms with Crippen LogP contribution in [-0.4, -0.2) is 53.0 Å². The second-order valence-corrected chi connectivity index (χ2v) is 7.57. The van der Waals surface area contributed by atoms with E-state index in [-0.39, 0.29) is 23.6 Å². The summed E-state index contributed by atoms with van der Waals surface area (Å²) in [5.41, 5.74) is 1.05. The van der Waals surface area contributed by atoms with Crippen molar-refractivity contribution in [2.24, 2.45) is 23.7 Å². The van der Waals surface area contributed by atoms with Crippen LogP contribution in [0, 0.1) is 29.5 Å². The van der Waals surface area contributed by atoms with Gasteiger partial charge in [0.1, 0.15) is 5.82 Å². The van der Waals surface area contributed by atoms with Crippen LogP contribution in [0.1, 0.15) is 12.0 Å². The summed E-state index contributed by atoms with van der Waals surface area (Å²) in [7, 11) is 0. The van der Waals surface area contributed by atoms with Gasteiger partial charge in [-0.2, -0.15) is 0 Å². The number of amides is 1. The van der Waals surface area contributed by atoms with E-state index in [1.54, 1.807) is 12.1 Å². The van der Waals surface area contributed by atoms with Gasteiger partial charge in [0.15, 0.2) is 0 Å². The maximum absolute atomic E-state index is 13.0. The number of rotatable bonds is 4. The molecule has 5 nitrogen and oxygen atoms in total. The predicted molar refractivity (Wildman–Crippen MR) is 93.6 cm³/mol. The van der Waals surface area contributed by atoms with Gasteiger partial charge in [0.25, 0.3) is 0 Å². The minimum absolute atomic E-state index is 0.00400. The molecular formula is C20H23FN2O3. The van der Waals surface area contributed by atoms with E-state index < -0.39 is 17.8 Å². The molecule has 0 aromatic heterocycles. The maximum Gasteiger partial charge on any atom is 0.307 e. The Morgan fingerprint density at radius 1 is 1.00 bits per heavy atom. The van der Waals surface area contributed by atoms with Gasteiger partial charge >= 0.3 is 5.97 Å². The fourth-order valence-electron chi connectivity index (χ4n) is 4.68. The number of hydrogen-bond acceptors (Lipinski definition) is 3. The lowest BCUT2D eigenvalue weighted by Crippen LogP contribution is -2.52. The summed E-state index contributed by atoms with van der Waals surface area (Å²) < 4.78 is 13.0. The molecule has 4 atom stereocenters. The first-order valence-corrected chi connectivity index (χ1v) is 9.19. The first kappa shape index (κ1) is 17.2. The van der Waals surface area contributed by atoms with E-state index in [2.05, 4.69) is 4.90 Å². The van der Waals surface area contributed by atoms with Crippen LogP contribution < -0.4 is 0 Å². The van der Waals surface area contributed by atoms with E-state index in [4.69, 9.17) is 0 Å². The summed E-state index contributed by atoms with van der Waals surface area (Å²) in [4.78, 5) is 28.7. The quantitative estimate of drug-likeness (QED) is 0.837. The minimum atomic E-state index is -0.852. The fraction of sp³-hybridized carbons (Fsp3) is 0.500. The number of piperazine rings is 1. The molecule has 2 aliphatic carbocycles. The molecule has 1 aliphatic heterocycles.